The summed E-state index contributed by atoms with van der Waals surface area (Å²) in [5.74, 6) is 1.10. The molecular formula is C48H59N9O6. The van der Waals surface area contributed by atoms with Crippen molar-refractivity contribution in [3.8, 4) is 22.8 Å². The number of imide groups is 1. The van der Waals surface area contributed by atoms with Crippen molar-refractivity contribution in [3.63, 3.8) is 0 Å². The number of hydrogen-bond acceptors (Lipinski definition) is 11. The number of para-hydroxylation sites is 1. The minimum Gasteiger partial charge on any atom is -0.457 e. The second kappa shape index (κ2) is 20.0. The van der Waals surface area contributed by atoms with Crippen LogP contribution in [0.3, 0.4) is 0 Å². The fourth-order valence-electron chi connectivity index (χ4n) is 9.46. The lowest BCUT2D eigenvalue weighted by molar-refractivity contribution is -0.136. The molecule has 0 radical (unpaired) electrons. The third-order valence-corrected chi connectivity index (χ3v) is 12.9. The smallest absolute Gasteiger partial charge is 0.255 e. The minimum absolute atomic E-state index is 0.116. The number of benzene rings is 3. The molecule has 4 amide bonds. The van der Waals surface area contributed by atoms with Gasteiger partial charge >= 0.3 is 0 Å². The number of aliphatic hydroxyl groups excluding tert-OH is 1. The number of likely N-dealkylation sites (N-methyl/N-ethyl adjacent to an activating group) is 1. The second-order valence-electron chi connectivity index (χ2n) is 17.2. The van der Waals surface area contributed by atoms with E-state index in [1.54, 1.807) is 11.0 Å². The number of primary amides is 1. The van der Waals surface area contributed by atoms with Crippen LogP contribution < -0.4 is 26.4 Å². The molecule has 2 fully saturated rings. The summed E-state index contributed by atoms with van der Waals surface area (Å²) < 4.78 is 7.95. The number of nitrogens with zero attached hydrogens (tertiary/aromatic N) is 5. The first-order valence-corrected chi connectivity index (χ1v) is 22.4. The Balaban J connectivity index is 0.741. The van der Waals surface area contributed by atoms with Gasteiger partial charge in [0.25, 0.3) is 11.8 Å². The van der Waals surface area contributed by atoms with E-state index in [0.29, 0.717) is 47.3 Å². The molecular weight excluding hydrogens is 799 g/mol. The molecule has 2 unspecified atom stereocenters. The SMILES string of the molecule is CN(C/C=C/C(O)N1CCC([C@@H]2CCNc3c(C(N)=O)c(-c4ccc(Oc5ccccc5)cc4)nn32)CC1)CCCCCCNc1cccc2c1CN(C1CCC(=O)NC1=O)C2=O. The van der Waals surface area contributed by atoms with E-state index in [0.717, 1.165) is 107 Å². The Morgan fingerprint density at radius 3 is 2.49 bits per heavy atom. The average molecular weight is 858 g/mol. The lowest BCUT2D eigenvalue weighted by atomic mass is 9.86. The first-order chi connectivity index (χ1) is 30.6. The summed E-state index contributed by atoms with van der Waals surface area (Å²) in [6, 6.07) is 22.3. The highest BCUT2D eigenvalue weighted by atomic mass is 16.5. The third kappa shape index (κ3) is 10.1. The number of carbonyl (C=O) groups is 4. The number of carbonyl (C=O) groups excluding carboxylic acids is 4. The molecule has 0 aliphatic carbocycles. The summed E-state index contributed by atoms with van der Waals surface area (Å²) in [5.41, 5.74) is 10.2. The van der Waals surface area contributed by atoms with E-state index >= 15 is 0 Å². The molecule has 4 aromatic rings. The van der Waals surface area contributed by atoms with Crippen LogP contribution in [-0.4, -0.2) is 112 Å². The van der Waals surface area contributed by atoms with Crippen molar-refractivity contribution in [2.45, 2.75) is 82.6 Å². The molecule has 15 nitrogen and oxygen atoms in total. The molecule has 6 N–H and O–H groups in total. The molecule has 8 rings (SSSR count). The number of rotatable bonds is 18. The molecule has 2 saturated heterocycles. The molecule has 0 bridgehead atoms. The number of fused-ring (bicyclic) bond motifs is 2. The molecule has 0 spiro atoms. The standard InChI is InChI=1S/C48H59N9O6/c1-54(27-8-3-2-7-25-50-38-14-9-13-36-37(38)31-56(48(36)62)40-20-21-41(58)52-47(40)61)28-10-15-42(59)55-29-23-32(24-30-55)39-22-26-51-46-43(45(49)60)44(53-57(39)46)33-16-18-35(19-17-33)63-34-11-5-4-6-12-34/h4-6,9-19,32,39-40,42,50-51,59H,2-3,7-8,20-31H2,1H3,(H2,49,60)(H,52,58,61)/b15-10+/t39-,40?,42?/m0/s1. The van der Waals surface area contributed by atoms with Crippen LogP contribution in [0, 0.1) is 5.92 Å². The highest BCUT2D eigenvalue weighted by molar-refractivity contribution is 6.06. The Kier molecular flexibility index (Phi) is 13.8. The van der Waals surface area contributed by atoms with Gasteiger partial charge in [0.2, 0.25) is 11.8 Å². The molecule has 0 saturated carbocycles. The van der Waals surface area contributed by atoms with Crippen molar-refractivity contribution in [2.24, 2.45) is 11.7 Å². The predicted molar refractivity (Wildman–Crippen MR) is 241 cm³/mol. The van der Waals surface area contributed by atoms with Crippen molar-refractivity contribution in [3.05, 3.63) is 102 Å². The predicted octanol–water partition coefficient (Wildman–Crippen LogP) is 5.75. The Bertz CT molecular complexity index is 2290. The summed E-state index contributed by atoms with van der Waals surface area (Å²) in [7, 11) is 2.10. The quantitative estimate of drug-likeness (QED) is 0.0466. The lowest BCUT2D eigenvalue weighted by Crippen LogP contribution is -2.52. The first kappa shape index (κ1) is 43.6. The van der Waals surface area contributed by atoms with Gasteiger partial charge in [0.1, 0.15) is 40.8 Å². The van der Waals surface area contributed by atoms with Gasteiger partial charge < -0.3 is 36.0 Å². The number of nitrogens with one attached hydrogen (secondary N) is 3. The van der Waals surface area contributed by atoms with Crippen LogP contribution in [-0.2, 0) is 16.1 Å². The van der Waals surface area contributed by atoms with Crippen LogP contribution in [0.4, 0.5) is 11.5 Å². The summed E-state index contributed by atoms with van der Waals surface area (Å²) in [6.07, 6.45) is 10.9. The van der Waals surface area contributed by atoms with Crippen molar-refractivity contribution in [1.82, 2.24) is 29.8 Å². The van der Waals surface area contributed by atoms with Crippen LogP contribution in [0.15, 0.2) is 84.9 Å². The average Bonchev–Trinajstić information content (AvgIpc) is 3.85. The number of aliphatic hydroxyl groups is 1. The number of nitrogens with two attached hydrogens (primary N) is 1. The fraction of sp³-hybridized carbons (Fsp3) is 0.438. The molecule has 332 valence electrons. The molecule has 63 heavy (non-hydrogen) atoms. The monoisotopic (exact) mass is 857 g/mol. The summed E-state index contributed by atoms with van der Waals surface area (Å²) in [4.78, 5) is 56.0. The van der Waals surface area contributed by atoms with Crippen LogP contribution in [0.2, 0.25) is 0 Å². The Morgan fingerprint density at radius 2 is 1.73 bits per heavy atom. The van der Waals surface area contributed by atoms with Gasteiger partial charge in [-0.25, -0.2) is 4.68 Å². The largest absolute Gasteiger partial charge is 0.457 e. The summed E-state index contributed by atoms with van der Waals surface area (Å²) in [6.45, 7) is 5.13. The number of ether oxygens (including phenoxy) is 1. The lowest BCUT2D eigenvalue weighted by Gasteiger charge is -2.39. The topological polar surface area (TPSA) is 187 Å². The van der Waals surface area contributed by atoms with Crippen LogP contribution in [0.1, 0.15) is 90.1 Å². The Morgan fingerprint density at radius 1 is 0.968 bits per heavy atom. The third-order valence-electron chi connectivity index (χ3n) is 12.9. The van der Waals surface area contributed by atoms with Gasteiger partial charge in [-0.2, -0.15) is 5.10 Å². The van der Waals surface area contributed by atoms with Gasteiger partial charge in [-0.15, -0.1) is 0 Å². The van der Waals surface area contributed by atoms with Crippen molar-refractivity contribution < 1.29 is 29.0 Å². The maximum Gasteiger partial charge on any atom is 0.255 e. The zero-order chi connectivity index (χ0) is 43.9. The first-order valence-electron chi connectivity index (χ1n) is 22.4. The highest BCUT2D eigenvalue weighted by Gasteiger charge is 2.40. The molecule has 1 aromatic heterocycles. The van der Waals surface area contributed by atoms with Gasteiger partial charge in [-0.3, -0.25) is 29.4 Å². The van der Waals surface area contributed by atoms with Gasteiger partial charge in [-0.05, 0) is 113 Å². The van der Waals surface area contributed by atoms with E-state index in [1.807, 2.05) is 77.5 Å². The number of aromatic nitrogens is 2. The summed E-state index contributed by atoms with van der Waals surface area (Å²) in [5, 5.41) is 25.4. The van der Waals surface area contributed by atoms with Crippen LogP contribution in [0.5, 0.6) is 11.5 Å². The van der Waals surface area contributed by atoms with E-state index in [1.165, 1.54) is 0 Å². The molecule has 15 heteroatoms. The van der Waals surface area contributed by atoms with Gasteiger partial charge in [0.15, 0.2) is 0 Å². The normalized spacial score (nSPS) is 19.8. The Hall–Kier alpha value is -6.03. The van der Waals surface area contributed by atoms with E-state index < -0.39 is 24.1 Å². The second-order valence-corrected chi connectivity index (χ2v) is 17.2. The molecule has 3 aromatic carbocycles. The van der Waals surface area contributed by atoms with Crippen molar-refractivity contribution >= 4 is 35.1 Å². The molecule has 5 heterocycles. The number of anilines is 2. The maximum absolute atomic E-state index is 13.1. The Labute approximate surface area is 368 Å². The fourth-order valence-corrected chi connectivity index (χ4v) is 9.46. The zero-order valence-corrected chi connectivity index (χ0v) is 36.0. The number of likely N-dealkylation sites (tertiary alicyclic amines) is 1. The van der Waals surface area contributed by atoms with Gasteiger partial charge in [-0.1, -0.05) is 43.2 Å². The number of piperidine rings is 2. The zero-order valence-electron chi connectivity index (χ0n) is 36.0. The molecule has 4 aliphatic heterocycles. The van der Waals surface area contributed by atoms with E-state index in [4.69, 9.17) is 15.6 Å². The van der Waals surface area contributed by atoms with E-state index in [2.05, 4.69) is 38.9 Å². The van der Waals surface area contributed by atoms with Crippen molar-refractivity contribution in [2.75, 3.05) is 56.9 Å². The molecule has 3 atom stereocenters. The van der Waals surface area contributed by atoms with Crippen LogP contribution in [0.25, 0.3) is 11.3 Å². The van der Waals surface area contributed by atoms with E-state index in [-0.39, 0.29) is 24.3 Å². The van der Waals surface area contributed by atoms with Gasteiger partial charge in [0, 0.05) is 68.1 Å². The molecule has 4 aliphatic rings. The van der Waals surface area contributed by atoms with E-state index in [9.17, 15) is 24.3 Å². The highest BCUT2D eigenvalue weighted by Crippen LogP contribution is 2.40. The van der Waals surface area contributed by atoms with Crippen molar-refractivity contribution in [1.29, 1.82) is 0 Å². The maximum atomic E-state index is 13.1. The number of hydrogen-bond donors (Lipinski definition) is 5. The van der Waals surface area contributed by atoms with Gasteiger partial charge in [0.05, 0.1) is 6.04 Å². The number of unbranched alkanes of at least 4 members (excludes halogenated alkanes) is 3. The van der Waals surface area contributed by atoms with Crippen LogP contribution >= 0.6 is 0 Å². The minimum atomic E-state index is -0.647. The summed E-state index contributed by atoms with van der Waals surface area (Å²) >= 11 is 0. The number of amides is 4.